The second-order valence-electron chi connectivity index (χ2n) is 3.86. The normalized spacial score (nSPS) is 12.2. The number of carbonyl (C=O) groups excluding carboxylic acids is 1. The molecule has 1 heterocycles. The van der Waals surface area contributed by atoms with E-state index >= 15 is 0 Å². The van der Waals surface area contributed by atoms with Crippen molar-refractivity contribution in [1.82, 2.24) is 15.5 Å². The molecule has 2 N–H and O–H groups in total. The summed E-state index contributed by atoms with van der Waals surface area (Å²) >= 11 is 1.26. The van der Waals surface area contributed by atoms with Gasteiger partial charge in [-0.1, -0.05) is 24.7 Å². The summed E-state index contributed by atoms with van der Waals surface area (Å²) in [6.45, 7) is 5.32. The van der Waals surface area contributed by atoms with Gasteiger partial charge in [0.1, 0.15) is 0 Å². The molecule has 0 aliphatic rings. The predicted molar refractivity (Wildman–Crippen MR) is 72.1 cm³/mol. The Morgan fingerprint density at radius 1 is 1.44 bits per heavy atom. The molecule has 1 atom stereocenters. The Balaban J connectivity index is 2.56. The fourth-order valence-electron chi connectivity index (χ4n) is 1.53. The standard InChI is InChI=1S/C11H20N4O2S/c1-4-6-8(7-17-3)13-9(16)10-14-15-11(18-10)12-5-2/h8H,4-7H2,1-3H3,(H,12,15)(H,13,16). The van der Waals surface area contributed by atoms with Crippen molar-refractivity contribution in [1.29, 1.82) is 0 Å². The number of nitrogens with zero attached hydrogens (tertiary/aromatic N) is 2. The van der Waals surface area contributed by atoms with Crippen LogP contribution in [-0.4, -0.2) is 42.4 Å². The quantitative estimate of drug-likeness (QED) is 0.750. The minimum Gasteiger partial charge on any atom is -0.383 e. The molecule has 0 aliphatic heterocycles. The van der Waals surface area contributed by atoms with E-state index in [4.69, 9.17) is 4.74 Å². The van der Waals surface area contributed by atoms with Crippen molar-refractivity contribution in [3.8, 4) is 0 Å². The summed E-state index contributed by atoms with van der Waals surface area (Å²) in [7, 11) is 1.63. The van der Waals surface area contributed by atoms with Crippen molar-refractivity contribution in [2.75, 3.05) is 25.6 Å². The molecule has 0 radical (unpaired) electrons. The van der Waals surface area contributed by atoms with Crippen LogP contribution >= 0.6 is 11.3 Å². The van der Waals surface area contributed by atoms with Gasteiger partial charge in [0, 0.05) is 13.7 Å². The van der Waals surface area contributed by atoms with E-state index in [2.05, 4.69) is 27.8 Å². The zero-order valence-electron chi connectivity index (χ0n) is 11.0. The highest BCUT2D eigenvalue weighted by atomic mass is 32.1. The molecular weight excluding hydrogens is 252 g/mol. The van der Waals surface area contributed by atoms with E-state index in [0.29, 0.717) is 16.7 Å². The first-order valence-corrected chi connectivity index (χ1v) is 6.90. The van der Waals surface area contributed by atoms with Crippen molar-refractivity contribution in [2.24, 2.45) is 0 Å². The lowest BCUT2D eigenvalue weighted by Crippen LogP contribution is -2.37. The lowest BCUT2D eigenvalue weighted by Gasteiger charge is -2.15. The van der Waals surface area contributed by atoms with Gasteiger partial charge in [0.25, 0.3) is 5.91 Å². The maximum Gasteiger partial charge on any atom is 0.282 e. The Morgan fingerprint density at radius 2 is 2.22 bits per heavy atom. The molecule has 0 bridgehead atoms. The third-order valence-electron chi connectivity index (χ3n) is 2.29. The summed E-state index contributed by atoms with van der Waals surface area (Å²) in [5.74, 6) is -0.188. The van der Waals surface area contributed by atoms with Crippen molar-refractivity contribution >= 4 is 22.4 Å². The van der Waals surface area contributed by atoms with Crippen LogP contribution in [0.5, 0.6) is 0 Å². The monoisotopic (exact) mass is 272 g/mol. The van der Waals surface area contributed by atoms with Gasteiger partial charge in [-0.25, -0.2) is 0 Å². The van der Waals surface area contributed by atoms with Crippen molar-refractivity contribution in [3.63, 3.8) is 0 Å². The zero-order chi connectivity index (χ0) is 13.4. The lowest BCUT2D eigenvalue weighted by molar-refractivity contribution is 0.0890. The number of nitrogens with one attached hydrogen (secondary N) is 2. The number of methoxy groups -OCH3 is 1. The zero-order valence-corrected chi connectivity index (χ0v) is 11.8. The van der Waals surface area contributed by atoms with Crippen LogP contribution in [0, 0.1) is 0 Å². The fourth-order valence-corrected chi connectivity index (χ4v) is 2.25. The minimum atomic E-state index is -0.188. The molecule has 102 valence electrons. The minimum absolute atomic E-state index is 0.0268. The highest BCUT2D eigenvalue weighted by Crippen LogP contribution is 2.14. The number of hydrogen-bond acceptors (Lipinski definition) is 6. The third kappa shape index (κ3) is 4.58. The van der Waals surface area contributed by atoms with E-state index in [-0.39, 0.29) is 11.9 Å². The van der Waals surface area contributed by atoms with Crippen LogP contribution in [0.15, 0.2) is 0 Å². The molecule has 0 aliphatic carbocycles. The van der Waals surface area contributed by atoms with Crippen LogP contribution in [0.3, 0.4) is 0 Å². The Labute approximate surface area is 111 Å². The van der Waals surface area contributed by atoms with E-state index < -0.39 is 0 Å². The SMILES string of the molecule is CCCC(COC)NC(=O)c1nnc(NCC)s1. The Hall–Kier alpha value is -1.21. The van der Waals surface area contributed by atoms with Crippen LogP contribution in [0.1, 0.15) is 36.5 Å². The van der Waals surface area contributed by atoms with Gasteiger partial charge >= 0.3 is 0 Å². The topological polar surface area (TPSA) is 76.1 Å². The second-order valence-corrected chi connectivity index (χ2v) is 4.83. The number of amides is 1. The number of rotatable bonds is 8. The van der Waals surface area contributed by atoms with E-state index in [1.807, 2.05) is 6.92 Å². The summed E-state index contributed by atoms with van der Waals surface area (Å²) < 4.78 is 5.08. The lowest BCUT2D eigenvalue weighted by atomic mass is 10.2. The van der Waals surface area contributed by atoms with E-state index in [0.717, 1.165) is 19.4 Å². The van der Waals surface area contributed by atoms with Crippen molar-refractivity contribution in [3.05, 3.63) is 5.01 Å². The molecule has 0 saturated carbocycles. The van der Waals surface area contributed by atoms with Gasteiger partial charge in [-0.3, -0.25) is 4.79 Å². The van der Waals surface area contributed by atoms with Crippen LogP contribution in [0.2, 0.25) is 0 Å². The highest BCUT2D eigenvalue weighted by molar-refractivity contribution is 7.17. The number of carbonyl (C=O) groups is 1. The Bertz CT molecular complexity index is 364. The van der Waals surface area contributed by atoms with Crippen LogP contribution in [0.25, 0.3) is 0 Å². The van der Waals surface area contributed by atoms with Crippen LogP contribution < -0.4 is 10.6 Å². The molecule has 1 rings (SSSR count). The molecule has 0 saturated heterocycles. The molecule has 0 aromatic carbocycles. The maximum absolute atomic E-state index is 11.9. The molecule has 1 aromatic rings. The third-order valence-corrected chi connectivity index (χ3v) is 3.17. The average molecular weight is 272 g/mol. The molecule has 18 heavy (non-hydrogen) atoms. The smallest absolute Gasteiger partial charge is 0.282 e. The number of anilines is 1. The predicted octanol–water partition coefficient (Wildman–Crippen LogP) is 1.51. The average Bonchev–Trinajstić information content (AvgIpc) is 2.79. The summed E-state index contributed by atoms with van der Waals surface area (Å²) in [6, 6.07) is 0.0268. The number of aromatic nitrogens is 2. The van der Waals surface area contributed by atoms with Crippen LogP contribution in [0.4, 0.5) is 5.13 Å². The van der Waals surface area contributed by atoms with Crippen molar-refractivity contribution in [2.45, 2.75) is 32.7 Å². The van der Waals surface area contributed by atoms with Gasteiger partial charge in [0.2, 0.25) is 10.1 Å². The first-order chi connectivity index (χ1) is 8.71. The van der Waals surface area contributed by atoms with Gasteiger partial charge in [-0.2, -0.15) is 0 Å². The van der Waals surface area contributed by atoms with E-state index in [1.54, 1.807) is 7.11 Å². The van der Waals surface area contributed by atoms with Crippen LogP contribution in [-0.2, 0) is 4.74 Å². The van der Waals surface area contributed by atoms with E-state index in [9.17, 15) is 4.79 Å². The van der Waals surface area contributed by atoms with Gasteiger partial charge in [-0.15, -0.1) is 10.2 Å². The first-order valence-electron chi connectivity index (χ1n) is 6.08. The molecule has 7 heteroatoms. The Morgan fingerprint density at radius 3 is 2.83 bits per heavy atom. The summed E-state index contributed by atoms with van der Waals surface area (Å²) in [5.41, 5.74) is 0. The number of hydrogen-bond donors (Lipinski definition) is 2. The second kappa shape index (κ2) is 7.99. The fraction of sp³-hybridized carbons (Fsp3) is 0.727. The largest absolute Gasteiger partial charge is 0.383 e. The molecule has 0 fully saturated rings. The van der Waals surface area contributed by atoms with Gasteiger partial charge in [0.15, 0.2) is 0 Å². The summed E-state index contributed by atoms with van der Waals surface area (Å²) in [5, 5.41) is 14.7. The van der Waals surface area contributed by atoms with Crippen molar-refractivity contribution < 1.29 is 9.53 Å². The summed E-state index contributed by atoms with van der Waals surface area (Å²) in [4.78, 5) is 11.9. The molecule has 6 nitrogen and oxygen atoms in total. The van der Waals surface area contributed by atoms with Gasteiger partial charge in [-0.05, 0) is 13.3 Å². The van der Waals surface area contributed by atoms with Gasteiger partial charge < -0.3 is 15.4 Å². The molecule has 1 amide bonds. The summed E-state index contributed by atoms with van der Waals surface area (Å²) in [6.07, 6.45) is 1.88. The molecule has 1 aromatic heterocycles. The Kier molecular flexibility index (Phi) is 6.59. The maximum atomic E-state index is 11.9. The number of ether oxygens (including phenoxy) is 1. The van der Waals surface area contributed by atoms with Gasteiger partial charge in [0.05, 0.1) is 12.6 Å². The van der Waals surface area contributed by atoms with E-state index in [1.165, 1.54) is 11.3 Å². The molecule has 1 unspecified atom stereocenters. The molecule has 0 spiro atoms. The highest BCUT2D eigenvalue weighted by Gasteiger charge is 2.16. The molecular formula is C11H20N4O2S. The first kappa shape index (κ1) is 14.8.